The minimum absolute atomic E-state index is 0. The van der Waals surface area contributed by atoms with E-state index in [1.165, 1.54) is 6.07 Å². The van der Waals surface area contributed by atoms with Crippen LogP contribution in [0.2, 0.25) is 0 Å². The van der Waals surface area contributed by atoms with Gasteiger partial charge in [0.2, 0.25) is 0 Å². The van der Waals surface area contributed by atoms with Gasteiger partial charge in [0.1, 0.15) is 5.82 Å². The van der Waals surface area contributed by atoms with Crippen LogP contribution in [0.1, 0.15) is 5.56 Å². The van der Waals surface area contributed by atoms with Crippen LogP contribution in [0.15, 0.2) is 22.7 Å². The first-order valence-corrected chi connectivity index (χ1v) is 6.49. The Balaban J connectivity index is 0.00000162. The summed E-state index contributed by atoms with van der Waals surface area (Å²) in [6.45, 7) is 2.97. The average Bonchev–Trinajstić information content (AvgIpc) is 2.70. The lowest BCUT2D eigenvalue weighted by Crippen LogP contribution is -2.30. The lowest BCUT2D eigenvalue weighted by Gasteiger charge is -2.14. The highest BCUT2D eigenvalue weighted by Gasteiger charge is 2.23. The number of rotatable bonds is 4. The van der Waals surface area contributed by atoms with Crippen LogP contribution in [0.5, 0.6) is 0 Å². The highest BCUT2D eigenvalue weighted by atomic mass is 79.9. The third-order valence-electron chi connectivity index (χ3n) is 3.02. The number of nitrogens with one attached hydrogen (secondary N) is 2. The molecule has 0 bridgehead atoms. The number of aliphatic hydroxyl groups is 1. The predicted molar refractivity (Wildman–Crippen MR) is 75.4 cm³/mol. The highest BCUT2D eigenvalue weighted by molar-refractivity contribution is 9.10. The van der Waals surface area contributed by atoms with Gasteiger partial charge in [-0.15, -0.1) is 12.4 Å². The molecule has 0 amide bonds. The first-order valence-electron chi connectivity index (χ1n) is 5.70. The molecule has 102 valence electrons. The van der Waals surface area contributed by atoms with E-state index in [0.717, 1.165) is 18.7 Å². The normalized spacial score (nSPS) is 22.8. The molecular weight excluding hydrogens is 322 g/mol. The van der Waals surface area contributed by atoms with E-state index in [1.54, 1.807) is 12.1 Å². The van der Waals surface area contributed by atoms with Crippen LogP contribution in [0.25, 0.3) is 0 Å². The molecule has 2 rings (SSSR count). The molecule has 1 aliphatic rings. The molecule has 0 aromatic heterocycles. The smallest absolute Gasteiger partial charge is 0.137 e. The number of hydrogen-bond donors (Lipinski definition) is 3. The van der Waals surface area contributed by atoms with Gasteiger partial charge in [-0.3, -0.25) is 0 Å². The van der Waals surface area contributed by atoms with Crippen LogP contribution in [0, 0.1) is 11.7 Å². The van der Waals surface area contributed by atoms with Crippen LogP contribution in [-0.4, -0.2) is 30.8 Å². The van der Waals surface area contributed by atoms with Gasteiger partial charge >= 0.3 is 0 Å². The first kappa shape index (κ1) is 15.9. The predicted octanol–water partition coefficient (Wildman–Crippen LogP) is 1.68. The number of hydrogen-bond acceptors (Lipinski definition) is 3. The SMILES string of the molecule is Cl.OC1CNCC1CNCc1ccc(F)c(Br)c1. The van der Waals surface area contributed by atoms with Gasteiger partial charge in [0.25, 0.3) is 0 Å². The molecule has 3 nitrogen and oxygen atoms in total. The Labute approximate surface area is 121 Å². The number of halogens is 3. The fourth-order valence-corrected chi connectivity index (χ4v) is 2.41. The zero-order chi connectivity index (χ0) is 12.3. The fourth-order valence-electron chi connectivity index (χ4n) is 1.98. The zero-order valence-electron chi connectivity index (χ0n) is 9.83. The molecule has 1 aromatic carbocycles. The van der Waals surface area contributed by atoms with Crippen molar-refractivity contribution < 1.29 is 9.50 Å². The van der Waals surface area contributed by atoms with Crippen molar-refractivity contribution in [2.24, 2.45) is 5.92 Å². The van der Waals surface area contributed by atoms with E-state index in [2.05, 4.69) is 26.6 Å². The molecule has 1 aromatic rings. The summed E-state index contributed by atoms with van der Waals surface area (Å²) >= 11 is 3.16. The standard InChI is InChI=1S/C12H16BrFN2O.ClH/c13-10-3-8(1-2-11(10)14)4-15-5-9-6-16-7-12(9)17;/h1-3,9,12,15-17H,4-7H2;1H. The molecule has 3 N–H and O–H groups in total. The lowest BCUT2D eigenvalue weighted by atomic mass is 10.1. The second-order valence-electron chi connectivity index (χ2n) is 4.37. The lowest BCUT2D eigenvalue weighted by molar-refractivity contribution is 0.146. The Morgan fingerprint density at radius 2 is 2.22 bits per heavy atom. The summed E-state index contributed by atoms with van der Waals surface area (Å²) in [5, 5.41) is 16.0. The van der Waals surface area contributed by atoms with E-state index < -0.39 is 0 Å². The molecule has 1 heterocycles. The second-order valence-corrected chi connectivity index (χ2v) is 5.22. The van der Waals surface area contributed by atoms with E-state index in [0.29, 0.717) is 17.6 Å². The van der Waals surface area contributed by atoms with Crippen LogP contribution in [0.3, 0.4) is 0 Å². The van der Waals surface area contributed by atoms with Gasteiger partial charge in [0.05, 0.1) is 10.6 Å². The molecule has 1 fully saturated rings. The van der Waals surface area contributed by atoms with Gasteiger partial charge < -0.3 is 15.7 Å². The Hall–Kier alpha value is -0.200. The first-order chi connectivity index (χ1) is 8.16. The summed E-state index contributed by atoms with van der Waals surface area (Å²) < 4.78 is 13.5. The molecule has 2 unspecified atom stereocenters. The maximum Gasteiger partial charge on any atom is 0.137 e. The van der Waals surface area contributed by atoms with Gasteiger partial charge in [-0.05, 0) is 33.6 Å². The van der Waals surface area contributed by atoms with E-state index in [4.69, 9.17) is 0 Å². The monoisotopic (exact) mass is 338 g/mol. The minimum atomic E-state index is -0.262. The molecule has 1 saturated heterocycles. The molecular formula is C12H17BrClFN2O. The maximum atomic E-state index is 13.0. The summed E-state index contributed by atoms with van der Waals surface area (Å²) in [6, 6.07) is 4.98. The van der Waals surface area contributed by atoms with Crippen LogP contribution in [0.4, 0.5) is 4.39 Å². The van der Waals surface area contributed by atoms with Crippen LogP contribution in [-0.2, 0) is 6.54 Å². The Bertz CT molecular complexity index is 394. The van der Waals surface area contributed by atoms with E-state index in [9.17, 15) is 9.50 Å². The molecule has 1 aliphatic heterocycles. The van der Waals surface area contributed by atoms with Crippen molar-refractivity contribution in [3.8, 4) is 0 Å². The third kappa shape index (κ3) is 4.17. The second kappa shape index (κ2) is 7.40. The zero-order valence-corrected chi connectivity index (χ0v) is 12.2. The van der Waals surface area contributed by atoms with Gasteiger partial charge in [-0.2, -0.15) is 0 Å². The van der Waals surface area contributed by atoms with Crippen molar-refractivity contribution >= 4 is 28.3 Å². The number of benzene rings is 1. The molecule has 0 radical (unpaired) electrons. The quantitative estimate of drug-likeness (QED) is 0.782. The topological polar surface area (TPSA) is 44.3 Å². The summed E-state index contributed by atoms with van der Waals surface area (Å²) in [7, 11) is 0. The largest absolute Gasteiger partial charge is 0.391 e. The summed E-state index contributed by atoms with van der Waals surface area (Å²) in [6.07, 6.45) is -0.262. The van der Waals surface area contributed by atoms with Gasteiger partial charge in [0.15, 0.2) is 0 Å². The average molecular weight is 340 g/mol. The molecule has 2 atom stereocenters. The Morgan fingerprint density at radius 3 is 2.83 bits per heavy atom. The fraction of sp³-hybridized carbons (Fsp3) is 0.500. The number of β-amino-alcohol motifs (C(OH)–C–C–N with tert-alkyl or cyclic N) is 1. The van der Waals surface area contributed by atoms with Crippen molar-refractivity contribution in [2.75, 3.05) is 19.6 Å². The summed E-state index contributed by atoms with van der Waals surface area (Å²) in [5.41, 5.74) is 1.03. The third-order valence-corrected chi connectivity index (χ3v) is 3.63. The van der Waals surface area contributed by atoms with E-state index in [-0.39, 0.29) is 30.2 Å². The maximum absolute atomic E-state index is 13.0. The van der Waals surface area contributed by atoms with Crippen molar-refractivity contribution in [3.63, 3.8) is 0 Å². The molecule has 6 heteroatoms. The van der Waals surface area contributed by atoms with Crippen molar-refractivity contribution in [3.05, 3.63) is 34.1 Å². The minimum Gasteiger partial charge on any atom is -0.391 e. The molecule has 0 spiro atoms. The molecule has 0 aliphatic carbocycles. The highest BCUT2D eigenvalue weighted by Crippen LogP contribution is 2.16. The van der Waals surface area contributed by atoms with Gasteiger partial charge in [0, 0.05) is 32.1 Å². The summed E-state index contributed by atoms with van der Waals surface area (Å²) in [4.78, 5) is 0. The molecule has 18 heavy (non-hydrogen) atoms. The van der Waals surface area contributed by atoms with Crippen LogP contribution >= 0.6 is 28.3 Å². The van der Waals surface area contributed by atoms with Crippen molar-refractivity contribution in [1.29, 1.82) is 0 Å². The van der Waals surface area contributed by atoms with Crippen molar-refractivity contribution in [2.45, 2.75) is 12.6 Å². The number of aliphatic hydroxyl groups excluding tert-OH is 1. The van der Waals surface area contributed by atoms with E-state index in [1.807, 2.05) is 0 Å². The Kier molecular flexibility index (Phi) is 6.52. The van der Waals surface area contributed by atoms with E-state index >= 15 is 0 Å². The Morgan fingerprint density at radius 1 is 1.44 bits per heavy atom. The van der Waals surface area contributed by atoms with Crippen molar-refractivity contribution in [1.82, 2.24) is 10.6 Å². The van der Waals surface area contributed by atoms with Crippen LogP contribution < -0.4 is 10.6 Å². The molecule has 0 saturated carbocycles. The summed E-state index contributed by atoms with van der Waals surface area (Å²) in [5.74, 6) is 0.0167. The van der Waals surface area contributed by atoms with Gasteiger partial charge in [-0.1, -0.05) is 6.07 Å². The van der Waals surface area contributed by atoms with Gasteiger partial charge in [-0.25, -0.2) is 4.39 Å².